The normalized spacial score (nSPS) is 20.9. The lowest BCUT2D eigenvalue weighted by atomic mass is 10.1. The molecule has 0 saturated carbocycles. The van der Waals surface area contributed by atoms with E-state index in [9.17, 15) is 0 Å². The maximum absolute atomic E-state index is 6.08. The maximum atomic E-state index is 6.08. The number of benzene rings is 1. The fraction of sp³-hybridized carbons (Fsp3) is 0.708. The van der Waals surface area contributed by atoms with Crippen molar-refractivity contribution in [2.24, 2.45) is 4.99 Å². The molecule has 0 aromatic heterocycles. The maximum Gasteiger partial charge on any atom is 0.194 e. The first-order valence-electron chi connectivity index (χ1n) is 11.8. The minimum atomic E-state index is 0.328. The van der Waals surface area contributed by atoms with Crippen LogP contribution in [0, 0.1) is 0 Å². The SMILES string of the molecule is CCNC(=NCc1cccc(COC2CCOCC2)c1)N1CCC(N(CC)CC)C1. The van der Waals surface area contributed by atoms with Gasteiger partial charge >= 0.3 is 0 Å². The van der Waals surface area contributed by atoms with Crippen LogP contribution in [0.3, 0.4) is 0 Å². The molecule has 168 valence electrons. The Morgan fingerprint density at radius 2 is 1.93 bits per heavy atom. The third kappa shape index (κ3) is 6.69. The molecule has 2 aliphatic heterocycles. The van der Waals surface area contributed by atoms with E-state index in [1.807, 2.05) is 0 Å². The lowest BCUT2D eigenvalue weighted by Gasteiger charge is -2.27. The van der Waals surface area contributed by atoms with Gasteiger partial charge in [0.15, 0.2) is 5.96 Å². The zero-order chi connectivity index (χ0) is 21.2. The molecule has 3 rings (SSSR count). The van der Waals surface area contributed by atoms with Crippen molar-refractivity contribution in [3.05, 3.63) is 35.4 Å². The molecule has 30 heavy (non-hydrogen) atoms. The Kier molecular flexibility index (Phi) is 9.43. The summed E-state index contributed by atoms with van der Waals surface area (Å²) in [5, 5.41) is 3.49. The van der Waals surface area contributed by atoms with Gasteiger partial charge in [0.05, 0.1) is 19.3 Å². The number of rotatable bonds is 9. The number of aliphatic imine (C=N–C) groups is 1. The van der Waals surface area contributed by atoms with Gasteiger partial charge in [-0.15, -0.1) is 0 Å². The van der Waals surface area contributed by atoms with Gasteiger partial charge in [-0.3, -0.25) is 4.90 Å². The Hall–Kier alpha value is -1.63. The predicted octanol–water partition coefficient (Wildman–Crippen LogP) is 3.26. The molecule has 2 fully saturated rings. The first-order chi connectivity index (χ1) is 14.7. The number of guanidine groups is 1. The van der Waals surface area contributed by atoms with Crippen LogP contribution < -0.4 is 5.32 Å². The number of ether oxygens (including phenoxy) is 2. The monoisotopic (exact) mass is 416 g/mol. The van der Waals surface area contributed by atoms with Crippen LogP contribution in [-0.2, 0) is 22.6 Å². The molecule has 0 radical (unpaired) electrons. The van der Waals surface area contributed by atoms with Gasteiger partial charge in [-0.25, -0.2) is 4.99 Å². The molecule has 1 aromatic rings. The Bertz CT molecular complexity index is 656. The van der Waals surface area contributed by atoms with Crippen LogP contribution in [-0.4, -0.2) is 73.8 Å². The number of nitrogens with one attached hydrogen (secondary N) is 1. The van der Waals surface area contributed by atoms with Crippen LogP contribution >= 0.6 is 0 Å². The predicted molar refractivity (Wildman–Crippen MR) is 123 cm³/mol. The highest BCUT2D eigenvalue weighted by Crippen LogP contribution is 2.17. The van der Waals surface area contributed by atoms with E-state index >= 15 is 0 Å². The van der Waals surface area contributed by atoms with Gasteiger partial charge < -0.3 is 19.7 Å². The molecular formula is C24H40N4O2. The second-order valence-electron chi connectivity index (χ2n) is 8.22. The van der Waals surface area contributed by atoms with Gasteiger partial charge in [0, 0.05) is 38.9 Å². The van der Waals surface area contributed by atoms with E-state index in [-0.39, 0.29) is 0 Å². The summed E-state index contributed by atoms with van der Waals surface area (Å²) in [5.41, 5.74) is 2.46. The standard InChI is InChI=1S/C24H40N4O2/c1-4-25-24(28-13-10-22(18-28)27(5-2)6-3)26-17-20-8-7-9-21(16-20)19-30-23-11-14-29-15-12-23/h7-9,16,22-23H,4-6,10-15,17-19H2,1-3H3,(H,25,26). The van der Waals surface area contributed by atoms with Crippen molar-refractivity contribution < 1.29 is 9.47 Å². The van der Waals surface area contributed by atoms with E-state index in [1.54, 1.807) is 0 Å². The molecule has 6 nitrogen and oxygen atoms in total. The fourth-order valence-electron chi connectivity index (χ4n) is 4.44. The molecule has 0 amide bonds. The Balaban J connectivity index is 1.56. The summed E-state index contributed by atoms with van der Waals surface area (Å²) in [5.74, 6) is 1.04. The van der Waals surface area contributed by atoms with Gasteiger partial charge in [0.2, 0.25) is 0 Å². The van der Waals surface area contributed by atoms with Crippen LogP contribution in [0.2, 0.25) is 0 Å². The van der Waals surface area contributed by atoms with Gasteiger partial charge in [0.1, 0.15) is 0 Å². The van der Waals surface area contributed by atoms with E-state index in [2.05, 4.69) is 60.2 Å². The highest BCUT2D eigenvalue weighted by molar-refractivity contribution is 5.80. The van der Waals surface area contributed by atoms with Crippen LogP contribution in [0.25, 0.3) is 0 Å². The number of nitrogens with zero attached hydrogens (tertiary/aromatic N) is 3. The number of likely N-dealkylation sites (N-methyl/N-ethyl adjacent to an activating group) is 1. The zero-order valence-corrected chi connectivity index (χ0v) is 19.1. The van der Waals surface area contributed by atoms with E-state index in [4.69, 9.17) is 14.5 Å². The molecule has 1 aromatic carbocycles. The molecule has 2 saturated heterocycles. The largest absolute Gasteiger partial charge is 0.381 e. The van der Waals surface area contributed by atoms with Gasteiger partial charge in [-0.05, 0) is 50.4 Å². The Morgan fingerprint density at radius 1 is 1.17 bits per heavy atom. The van der Waals surface area contributed by atoms with E-state index in [0.29, 0.717) is 25.3 Å². The Morgan fingerprint density at radius 3 is 2.67 bits per heavy atom. The first-order valence-corrected chi connectivity index (χ1v) is 11.8. The average Bonchev–Trinajstić information content (AvgIpc) is 3.27. The van der Waals surface area contributed by atoms with Crippen molar-refractivity contribution in [2.45, 2.75) is 65.3 Å². The average molecular weight is 417 g/mol. The summed E-state index contributed by atoms with van der Waals surface area (Å²) in [6.07, 6.45) is 3.54. The molecule has 2 aliphatic rings. The minimum Gasteiger partial charge on any atom is -0.381 e. The highest BCUT2D eigenvalue weighted by Gasteiger charge is 2.27. The third-order valence-corrected chi connectivity index (χ3v) is 6.18. The van der Waals surface area contributed by atoms with E-state index in [0.717, 1.165) is 64.7 Å². The van der Waals surface area contributed by atoms with Gasteiger partial charge in [0.25, 0.3) is 0 Å². The van der Waals surface area contributed by atoms with E-state index < -0.39 is 0 Å². The molecule has 6 heteroatoms. The number of hydrogen-bond donors (Lipinski definition) is 1. The van der Waals surface area contributed by atoms with Crippen LogP contribution in [0.4, 0.5) is 0 Å². The van der Waals surface area contributed by atoms with Crippen molar-refractivity contribution in [3.63, 3.8) is 0 Å². The smallest absolute Gasteiger partial charge is 0.194 e. The molecule has 0 aliphatic carbocycles. The molecule has 1 unspecified atom stereocenters. The van der Waals surface area contributed by atoms with Crippen molar-refractivity contribution in [1.29, 1.82) is 0 Å². The molecule has 0 spiro atoms. The fourth-order valence-corrected chi connectivity index (χ4v) is 4.44. The lowest BCUT2D eigenvalue weighted by Crippen LogP contribution is -2.43. The molecular weight excluding hydrogens is 376 g/mol. The van der Waals surface area contributed by atoms with Crippen molar-refractivity contribution in [2.75, 3.05) is 45.9 Å². The summed E-state index contributed by atoms with van der Waals surface area (Å²) < 4.78 is 11.5. The summed E-state index contributed by atoms with van der Waals surface area (Å²) in [6, 6.07) is 9.29. The molecule has 1 N–H and O–H groups in total. The van der Waals surface area contributed by atoms with E-state index in [1.165, 1.54) is 17.5 Å². The van der Waals surface area contributed by atoms with Gasteiger partial charge in [-0.2, -0.15) is 0 Å². The van der Waals surface area contributed by atoms with Crippen LogP contribution in [0.1, 0.15) is 51.2 Å². The van der Waals surface area contributed by atoms with Crippen molar-refractivity contribution in [1.82, 2.24) is 15.1 Å². The topological polar surface area (TPSA) is 49.3 Å². The second-order valence-corrected chi connectivity index (χ2v) is 8.22. The van der Waals surface area contributed by atoms with Crippen LogP contribution in [0.15, 0.2) is 29.3 Å². The lowest BCUT2D eigenvalue weighted by molar-refractivity contribution is -0.0390. The summed E-state index contributed by atoms with van der Waals surface area (Å²) in [4.78, 5) is 9.94. The van der Waals surface area contributed by atoms with Crippen molar-refractivity contribution in [3.8, 4) is 0 Å². The first kappa shape index (κ1) is 23.0. The number of likely N-dealkylation sites (tertiary alicyclic amines) is 1. The summed E-state index contributed by atoms with van der Waals surface area (Å²) in [6.45, 7) is 14.9. The quantitative estimate of drug-likeness (QED) is 0.495. The minimum absolute atomic E-state index is 0.328. The summed E-state index contributed by atoms with van der Waals surface area (Å²) in [7, 11) is 0. The molecule has 2 heterocycles. The second kappa shape index (κ2) is 12.3. The van der Waals surface area contributed by atoms with Crippen molar-refractivity contribution >= 4 is 5.96 Å². The Labute approximate surface area is 182 Å². The molecule has 1 atom stereocenters. The van der Waals surface area contributed by atoms with Crippen LogP contribution in [0.5, 0.6) is 0 Å². The molecule has 0 bridgehead atoms. The zero-order valence-electron chi connectivity index (χ0n) is 19.1. The van der Waals surface area contributed by atoms with Gasteiger partial charge in [-0.1, -0.05) is 38.1 Å². The summed E-state index contributed by atoms with van der Waals surface area (Å²) >= 11 is 0. The third-order valence-electron chi connectivity index (χ3n) is 6.18. The highest BCUT2D eigenvalue weighted by atomic mass is 16.5. The number of hydrogen-bond acceptors (Lipinski definition) is 4.